The van der Waals surface area contributed by atoms with E-state index in [-0.39, 0.29) is 0 Å². The second-order valence-electron chi connectivity index (χ2n) is 5.12. The van der Waals surface area contributed by atoms with Gasteiger partial charge in [0, 0.05) is 13.1 Å². The van der Waals surface area contributed by atoms with Crippen molar-refractivity contribution in [3.63, 3.8) is 0 Å². The first kappa shape index (κ1) is 13.2. The second kappa shape index (κ2) is 4.82. The molecule has 0 atom stereocenters. The molecule has 1 N–H and O–H groups in total. The summed E-state index contributed by atoms with van der Waals surface area (Å²) < 4.78 is 1.10. The molecule has 5 heteroatoms. The summed E-state index contributed by atoms with van der Waals surface area (Å²) in [5.74, 6) is 0.919. The van der Waals surface area contributed by atoms with Gasteiger partial charge in [-0.3, -0.25) is 0 Å². The summed E-state index contributed by atoms with van der Waals surface area (Å²) in [5.41, 5.74) is 1.46. The molecule has 0 unspecified atom stereocenters. The summed E-state index contributed by atoms with van der Waals surface area (Å²) in [6, 6.07) is 0. The quantitative estimate of drug-likeness (QED) is 0.923. The minimum Gasteiger partial charge on any atom is -0.389 e. The Morgan fingerprint density at radius 2 is 2.11 bits per heavy atom. The van der Waals surface area contributed by atoms with E-state index in [0.29, 0.717) is 6.54 Å². The van der Waals surface area contributed by atoms with Gasteiger partial charge in [-0.05, 0) is 38.6 Å². The van der Waals surface area contributed by atoms with Gasteiger partial charge >= 0.3 is 0 Å². The lowest BCUT2D eigenvalue weighted by Gasteiger charge is -2.29. The van der Waals surface area contributed by atoms with E-state index in [9.17, 15) is 5.11 Å². The van der Waals surface area contributed by atoms with Crippen molar-refractivity contribution in [2.45, 2.75) is 33.3 Å². The molecular weight excluding hydrogens is 246 g/mol. The summed E-state index contributed by atoms with van der Waals surface area (Å²) in [4.78, 5) is 10.8. The molecule has 0 amide bonds. The molecule has 18 heavy (non-hydrogen) atoms. The summed E-state index contributed by atoms with van der Waals surface area (Å²) in [6.45, 7) is 9.13. The van der Waals surface area contributed by atoms with Gasteiger partial charge in [-0.1, -0.05) is 0 Å². The van der Waals surface area contributed by atoms with E-state index in [1.165, 1.54) is 5.56 Å². The molecule has 0 fully saturated rings. The average Bonchev–Trinajstić information content (AvgIpc) is 2.67. The molecule has 0 aromatic carbocycles. The fraction of sp³-hybridized carbons (Fsp3) is 0.538. The van der Waals surface area contributed by atoms with Gasteiger partial charge in [0.15, 0.2) is 0 Å². The van der Waals surface area contributed by atoms with Gasteiger partial charge in [0.05, 0.1) is 15.8 Å². The predicted octanol–water partition coefficient (Wildman–Crippen LogP) is 2.60. The third-order valence-corrected chi connectivity index (χ3v) is 3.85. The Bertz CT molecular complexity index is 545. The minimum atomic E-state index is -0.737. The van der Waals surface area contributed by atoms with E-state index in [1.807, 2.05) is 13.8 Å². The summed E-state index contributed by atoms with van der Waals surface area (Å²) in [7, 11) is 0. The molecule has 0 saturated heterocycles. The molecule has 2 heterocycles. The fourth-order valence-corrected chi connectivity index (χ4v) is 3.00. The van der Waals surface area contributed by atoms with E-state index in [0.717, 1.165) is 22.6 Å². The standard InChI is InChI=1S/C13H19N3OS/c1-5-16(7-13(3,4)17)12-11-10(14-8-15-12)9(2)6-18-11/h6,8,17H,5,7H2,1-4H3. The average molecular weight is 265 g/mol. The van der Waals surface area contributed by atoms with E-state index < -0.39 is 5.60 Å². The van der Waals surface area contributed by atoms with Crippen LogP contribution in [0.25, 0.3) is 10.2 Å². The van der Waals surface area contributed by atoms with Gasteiger partial charge in [-0.15, -0.1) is 11.3 Å². The second-order valence-corrected chi connectivity index (χ2v) is 6.00. The number of hydrogen-bond donors (Lipinski definition) is 1. The van der Waals surface area contributed by atoms with Crippen molar-refractivity contribution in [1.29, 1.82) is 0 Å². The van der Waals surface area contributed by atoms with Crippen LogP contribution < -0.4 is 4.90 Å². The van der Waals surface area contributed by atoms with Crippen LogP contribution in [-0.2, 0) is 0 Å². The number of nitrogens with zero attached hydrogens (tertiary/aromatic N) is 3. The molecule has 0 aliphatic carbocycles. The first-order valence-corrected chi connectivity index (χ1v) is 6.96. The molecular formula is C13H19N3OS. The number of fused-ring (bicyclic) bond motifs is 1. The number of aryl methyl sites for hydroxylation is 1. The monoisotopic (exact) mass is 265 g/mol. The number of aliphatic hydroxyl groups is 1. The maximum absolute atomic E-state index is 9.98. The highest BCUT2D eigenvalue weighted by Crippen LogP contribution is 2.31. The summed E-state index contributed by atoms with van der Waals surface area (Å²) in [5, 5.41) is 12.1. The number of likely N-dealkylation sites (N-methyl/N-ethyl adjacent to an activating group) is 1. The molecule has 0 aliphatic heterocycles. The maximum atomic E-state index is 9.98. The minimum absolute atomic E-state index is 0.562. The van der Waals surface area contributed by atoms with E-state index >= 15 is 0 Å². The van der Waals surface area contributed by atoms with Crippen LogP contribution in [0.1, 0.15) is 26.3 Å². The molecule has 0 aliphatic rings. The van der Waals surface area contributed by atoms with Crippen LogP contribution in [0.15, 0.2) is 11.7 Å². The van der Waals surface area contributed by atoms with E-state index in [4.69, 9.17) is 0 Å². The van der Waals surface area contributed by atoms with Crippen molar-refractivity contribution < 1.29 is 5.11 Å². The lowest BCUT2D eigenvalue weighted by Crippen LogP contribution is -2.39. The van der Waals surface area contributed by atoms with E-state index in [2.05, 4.69) is 34.1 Å². The number of anilines is 1. The zero-order chi connectivity index (χ0) is 13.3. The molecule has 2 aromatic rings. The van der Waals surface area contributed by atoms with Crippen LogP contribution in [0, 0.1) is 6.92 Å². The zero-order valence-corrected chi connectivity index (χ0v) is 12.1. The van der Waals surface area contributed by atoms with Crippen LogP contribution >= 0.6 is 11.3 Å². The van der Waals surface area contributed by atoms with Crippen molar-refractivity contribution in [2.75, 3.05) is 18.0 Å². The van der Waals surface area contributed by atoms with Crippen molar-refractivity contribution >= 4 is 27.4 Å². The highest BCUT2D eigenvalue weighted by Gasteiger charge is 2.20. The molecule has 2 rings (SSSR count). The lowest BCUT2D eigenvalue weighted by molar-refractivity contribution is 0.0875. The largest absolute Gasteiger partial charge is 0.389 e. The van der Waals surface area contributed by atoms with Crippen LogP contribution in [0.4, 0.5) is 5.82 Å². The Hall–Kier alpha value is -1.20. The fourth-order valence-electron chi connectivity index (χ4n) is 1.99. The van der Waals surface area contributed by atoms with Crippen molar-refractivity contribution in [2.24, 2.45) is 0 Å². The number of rotatable bonds is 4. The van der Waals surface area contributed by atoms with Gasteiger partial charge in [-0.2, -0.15) is 0 Å². The van der Waals surface area contributed by atoms with E-state index in [1.54, 1.807) is 17.7 Å². The molecule has 98 valence electrons. The highest BCUT2D eigenvalue weighted by molar-refractivity contribution is 7.18. The molecule has 0 saturated carbocycles. The van der Waals surface area contributed by atoms with Gasteiger partial charge in [0.2, 0.25) is 0 Å². The number of aromatic nitrogens is 2. The normalized spacial score (nSPS) is 12.1. The molecule has 0 radical (unpaired) electrons. The van der Waals surface area contributed by atoms with Crippen LogP contribution in [-0.4, -0.2) is 33.8 Å². The smallest absolute Gasteiger partial charge is 0.150 e. The van der Waals surface area contributed by atoms with Gasteiger partial charge in [-0.25, -0.2) is 9.97 Å². The van der Waals surface area contributed by atoms with Crippen molar-refractivity contribution in [1.82, 2.24) is 9.97 Å². The third-order valence-electron chi connectivity index (χ3n) is 2.77. The Balaban J connectivity index is 2.45. The first-order valence-electron chi connectivity index (χ1n) is 6.08. The molecule has 0 bridgehead atoms. The summed E-state index contributed by atoms with van der Waals surface area (Å²) >= 11 is 1.66. The number of thiophene rings is 1. The highest BCUT2D eigenvalue weighted by atomic mass is 32.1. The van der Waals surface area contributed by atoms with Crippen LogP contribution in [0.3, 0.4) is 0 Å². The predicted molar refractivity (Wildman–Crippen MR) is 76.3 cm³/mol. The lowest BCUT2D eigenvalue weighted by atomic mass is 10.1. The Morgan fingerprint density at radius 3 is 2.72 bits per heavy atom. The molecule has 4 nitrogen and oxygen atoms in total. The van der Waals surface area contributed by atoms with Gasteiger partial charge in [0.25, 0.3) is 0 Å². The first-order chi connectivity index (χ1) is 8.42. The maximum Gasteiger partial charge on any atom is 0.150 e. The molecule has 2 aromatic heterocycles. The zero-order valence-electron chi connectivity index (χ0n) is 11.3. The topological polar surface area (TPSA) is 49.2 Å². The van der Waals surface area contributed by atoms with Gasteiger partial charge < -0.3 is 10.0 Å². The Labute approximate surface area is 111 Å². The Kier molecular flexibility index (Phi) is 3.54. The number of hydrogen-bond acceptors (Lipinski definition) is 5. The Morgan fingerprint density at radius 1 is 1.39 bits per heavy atom. The van der Waals surface area contributed by atoms with Gasteiger partial charge in [0.1, 0.15) is 12.1 Å². The molecule has 0 spiro atoms. The third kappa shape index (κ3) is 2.62. The van der Waals surface area contributed by atoms with Crippen LogP contribution in [0.2, 0.25) is 0 Å². The van der Waals surface area contributed by atoms with Crippen LogP contribution in [0.5, 0.6) is 0 Å². The van der Waals surface area contributed by atoms with Crippen molar-refractivity contribution in [3.8, 4) is 0 Å². The summed E-state index contributed by atoms with van der Waals surface area (Å²) in [6.07, 6.45) is 1.60. The van der Waals surface area contributed by atoms with Crippen molar-refractivity contribution in [3.05, 3.63) is 17.3 Å². The SMILES string of the molecule is CCN(CC(C)(C)O)c1ncnc2c(C)csc12.